The van der Waals surface area contributed by atoms with Gasteiger partial charge in [-0.1, -0.05) is 25.2 Å². The number of ether oxygens (including phenoxy) is 1. The molecule has 1 N–H and O–H groups in total. The number of fused-ring (bicyclic) bond motifs is 1. The van der Waals surface area contributed by atoms with E-state index in [1.807, 2.05) is 0 Å². The molecule has 7 heteroatoms. The van der Waals surface area contributed by atoms with E-state index >= 15 is 0 Å². The lowest BCUT2D eigenvalue weighted by molar-refractivity contribution is -0.239. The maximum absolute atomic E-state index is 14.1. The standard InChI is InChI=1S/C21H21F3N2O2/c1-26(2)16-11-12-18-17(14-16)20(21(22,23)24,28-19(27)25-18)13-7-6-10-15-8-4-3-5-9-15/h11-12,14-15H,3-5,8-9H2,1-2H3,(H,25,27)/t20-/m0/s1. The third-order valence-corrected chi connectivity index (χ3v) is 4.96. The molecule has 0 saturated heterocycles. The Kier molecular flexibility index (Phi) is 5.47. The molecule has 0 unspecified atom stereocenters. The highest BCUT2D eigenvalue weighted by atomic mass is 19.4. The first kappa shape index (κ1) is 19.9. The topological polar surface area (TPSA) is 41.6 Å². The molecule has 1 aromatic carbocycles. The van der Waals surface area contributed by atoms with E-state index in [2.05, 4.69) is 29.0 Å². The Morgan fingerprint density at radius 3 is 2.54 bits per heavy atom. The average Bonchev–Trinajstić information content (AvgIpc) is 2.64. The summed E-state index contributed by atoms with van der Waals surface area (Å²) in [6.07, 6.45) is -0.942. The second-order valence-electron chi connectivity index (χ2n) is 7.17. The van der Waals surface area contributed by atoms with Crippen molar-refractivity contribution in [2.75, 3.05) is 24.3 Å². The molecule has 1 aliphatic carbocycles. The third-order valence-electron chi connectivity index (χ3n) is 4.96. The van der Waals surface area contributed by atoms with Crippen molar-refractivity contribution in [1.82, 2.24) is 0 Å². The minimum absolute atomic E-state index is 0.0220. The van der Waals surface area contributed by atoms with E-state index in [0.29, 0.717) is 5.69 Å². The van der Waals surface area contributed by atoms with Gasteiger partial charge in [0, 0.05) is 31.3 Å². The SMILES string of the molecule is CN(C)c1ccc2c(c1)[C@@](C#CC#CC1CCCCC1)(C(F)(F)F)OC(=O)N2. The average molecular weight is 390 g/mol. The number of hydrogen-bond donors (Lipinski definition) is 1. The molecule has 1 amide bonds. The molecule has 148 valence electrons. The number of benzene rings is 1. The molecule has 1 fully saturated rings. The molecular weight excluding hydrogens is 369 g/mol. The van der Waals surface area contributed by atoms with Crippen molar-refractivity contribution in [2.45, 2.75) is 43.9 Å². The third kappa shape index (κ3) is 3.89. The molecule has 2 aliphatic rings. The molecule has 0 spiro atoms. The van der Waals surface area contributed by atoms with Crippen LogP contribution in [0.1, 0.15) is 37.7 Å². The zero-order valence-corrected chi connectivity index (χ0v) is 15.7. The van der Waals surface area contributed by atoms with Gasteiger partial charge in [0.15, 0.2) is 0 Å². The summed E-state index contributed by atoms with van der Waals surface area (Å²) < 4.78 is 47.0. The number of alkyl halides is 3. The number of halogens is 3. The smallest absolute Gasteiger partial charge is 0.415 e. The lowest BCUT2D eigenvalue weighted by Crippen LogP contribution is -2.49. The van der Waals surface area contributed by atoms with Gasteiger partial charge >= 0.3 is 12.3 Å². The second kappa shape index (κ2) is 7.67. The van der Waals surface area contributed by atoms with E-state index in [0.717, 1.165) is 32.1 Å². The van der Waals surface area contributed by atoms with Crippen LogP contribution in [0.5, 0.6) is 0 Å². The number of cyclic esters (lactones) is 1. The number of carbonyl (C=O) groups excluding carboxylic acids is 1. The molecule has 0 radical (unpaired) electrons. The van der Waals surface area contributed by atoms with E-state index in [1.165, 1.54) is 12.1 Å². The lowest BCUT2D eigenvalue weighted by atomic mass is 9.89. The van der Waals surface area contributed by atoms with Crippen molar-refractivity contribution in [3.63, 3.8) is 0 Å². The van der Waals surface area contributed by atoms with Gasteiger partial charge in [-0.25, -0.2) is 4.79 Å². The van der Waals surface area contributed by atoms with Crippen LogP contribution in [0.25, 0.3) is 0 Å². The summed E-state index contributed by atoms with van der Waals surface area (Å²) in [5, 5.41) is 2.31. The molecule has 1 aliphatic heterocycles. The van der Waals surface area contributed by atoms with E-state index in [-0.39, 0.29) is 17.2 Å². The summed E-state index contributed by atoms with van der Waals surface area (Å²) in [6.45, 7) is 0. The Bertz CT molecular complexity index is 881. The fraction of sp³-hybridized carbons (Fsp3) is 0.476. The van der Waals surface area contributed by atoms with E-state index in [4.69, 9.17) is 4.74 Å². The predicted octanol–water partition coefficient (Wildman–Crippen LogP) is 4.66. The normalized spacial score (nSPS) is 21.8. The summed E-state index contributed by atoms with van der Waals surface area (Å²) in [7, 11) is 3.42. The van der Waals surface area contributed by atoms with Gasteiger partial charge in [-0.2, -0.15) is 13.2 Å². The lowest BCUT2D eigenvalue weighted by Gasteiger charge is -2.36. The van der Waals surface area contributed by atoms with Gasteiger partial charge in [0.1, 0.15) is 0 Å². The number of nitrogens with one attached hydrogen (secondary N) is 1. The monoisotopic (exact) mass is 390 g/mol. The first-order chi connectivity index (χ1) is 13.2. The zero-order chi connectivity index (χ0) is 20.4. The number of hydrogen-bond acceptors (Lipinski definition) is 3. The molecule has 1 atom stereocenters. The molecule has 1 heterocycles. The van der Waals surface area contributed by atoms with Crippen molar-refractivity contribution in [1.29, 1.82) is 0 Å². The highest BCUT2D eigenvalue weighted by Crippen LogP contribution is 2.48. The molecule has 28 heavy (non-hydrogen) atoms. The highest BCUT2D eigenvalue weighted by molar-refractivity contribution is 5.90. The van der Waals surface area contributed by atoms with Crippen LogP contribution in [-0.4, -0.2) is 26.4 Å². The fourth-order valence-corrected chi connectivity index (χ4v) is 3.42. The van der Waals surface area contributed by atoms with Gasteiger partial charge in [-0.15, -0.1) is 0 Å². The van der Waals surface area contributed by atoms with Crippen LogP contribution in [0, 0.1) is 29.6 Å². The molecule has 3 rings (SSSR count). The first-order valence-corrected chi connectivity index (χ1v) is 9.14. The van der Waals surface area contributed by atoms with E-state index < -0.39 is 17.9 Å². The van der Waals surface area contributed by atoms with E-state index in [9.17, 15) is 18.0 Å². The Balaban J connectivity index is 2.05. The van der Waals surface area contributed by atoms with Crippen molar-refractivity contribution in [3.05, 3.63) is 23.8 Å². The minimum Gasteiger partial charge on any atom is -0.415 e. The maximum Gasteiger partial charge on any atom is 0.445 e. The van der Waals surface area contributed by atoms with E-state index in [1.54, 1.807) is 25.1 Å². The summed E-state index contributed by atoms with van der Waals surface area (Å²) >= 11 is 0. The number of rotatable bonds is 1. The zero-order valence-electron chi connectivity index (χ0n) is 15.7. The molecule has 0 bridgehead atoms. The van der Waals surface area contributed by atoms with Gasteiger partial charge in [-0.05, 0) is 48.8 Å². The minimum atomic E-state index is -4.93. The van der Waals surface area contributed by atoms with Gasteiger partial charge in [-0.3, -0.25) is 5.32 Å². The number of nitrogens with zero attached hydrogens (tertiary/aromatic N) is 1. The number of carbonyl (C=O) groups is 1. The Morgan fingerprint density at radius 2 is 1.89 bits per heavy atom. The molecule has 1 saturated carbocycles. The van der Waals surface area contributed by atoms with Crippen molar-refractivity contribution in [3.8, 4) is 23.7 Å². The van der Waals surface area contributed by atoms with Crippen LogP contribution in [0.2, 0.25) is 0 Å². The molecule has 4 nitrogen and oxygen atoms in total. The van der Waals surface area contributed by atoms with Crippen LogP contribution in [0.15, 0.2) is 18.2 Å². The molecule has 1 aromatic rings. The van der Waals surface area contributed by atoms with Crippen LogP contribution >= 0.6 is 0 Å². The maximum atomic E-state index is 14.1. The van der Waals surface area contributed by atoms with Gasteiger partial charge in [0.05, 0.1) is 5.69 Å². The highest BCUT2D eigenvalue weighted by Gasteiger charge is 2.62. The van der Waals surface area contributed by atoms with Gasteiger partial charge < -0.3 is 9.64 Å². The summed E-state index contributed by atoms with van der Waals surface area (Å²) in [4.78, 5) is 13.5. The van der Waals surface area contributed by atoms with Crippen LogP contribution in [0.3, 0.4) is 0 Å². The largest absolute Gasteiger partial charge is 0.445 e. The van der Waals surface area contributed by atoms with Crippen molar-refractivity contribution in [2.24, 2.45) is 5.92 Å². The van der Waals surface area contributed by atoms with Gasteiger partial charge in [0.25, 0.3) is 5.60 Å². The molecular formula is C21H21F3N2O2. The summed E-state index contributed by atoms with van der Waals surface area (Å²) in [5.41, 5.74) is -2.76. The Labute approximate surface area is 162 Å². The first-order valence-electron chi connectivity index (χ1n) is 9.14. The molecule has 0 aromatic heterocycles. The Morgan fingerprint density at radius 1 is 1.18 bits per heavy atom. The Hall–Kier alpha value is -2.80. The van der Waals surface area contributed by atoms with Crippen molar-refractivity contribution < 1.29 is 22.7 Å². The fourth-order valence-electron chi connectivity index (χ4n) is 3.42. The van der Waals surface area contributed by atoms with Gasteiger partial charge in [0.2, 0.25) is 0 Å². The quantitative estimate of drug-likeness (QED) is 0.709. The number of amides is 1. The van der Waals surface area contributed by atoms with Crippen molar-refractivity contribution >= 4 is 17.5 Å². The summed E-state index contributed by atoms with van der Waals surface area (Å²) in [5.74, 6) is 10.1. The second-order valence-corrected chi connectivity index (χ2v) is 7.17. The van der Waals surface area contributed by atoms with Crippen LogP contribution in [0.4, 0.5) is 29.3 Å². The van der Waals surface area contributed by atoms with Crippen LogP contribution < -0.4 is 10.2 Å². The predicted molar refractivity (Wildman–Crippen MR) is 101 cm³/mol. The number of anilines is 2. The summed E-state index contributed by atoms with van der Waals surface area (Å²) in [6, 6.07) is 4.36. The van der Waals surface area contributed by atoms with Crippen LogP contribution in [-0.2, 0) is 10.3 Å².